The van der Waals surface area contributed by atoms with E-state index in [0.717, 1.165) is 5.56 Å². The molecule has 2 aromatic carbocycles. The number of rotatable bonds is 1. The van der Waals surface area contributed by atoms with E-state index in [4.69, 9.17) is 0 Å². The minimum absolute atomic E-state index is 1.16. The van der Waals surface area contributed by atoms with Crippen LogP contribution in [0.4, 0.5) is 0 Å². The average molecular weight is 219 g/mol. The summed E-state index contributed by atoms with van der Waals surface area (Å²) in [6.45, 7) is 2.12. The van der Waals surface area contributed by atoms with Gasteiger partial charge in [-0.15, -0.1) is 0 Å². The normalized spacial score (nSPS) is 10.6. The van der Waals surface area contributed by atoms with Crippen LogP contribution in [0.5, 0.6) is 0 Å². The predicted octanol–water partition coefficient (Wildman–Crippen LogP) is 4.21. The number of fused-ring (bicyclic) bond motifs is 1. The van der Waals surface area contributed by atoms with Crippen molar-refractivity contribution in [2.45, 2.75) is 6.92 Å². The van der Waals surface area contributed by atoms with E-state index in [0.29, 0.717) is 0 Å². The number of hydrogen-bond donors (Lipinski definition) is 0. The van der Waals surface area contributed by atoms with Gasteiger partial charge in [0.05, 0.1) is 0 Å². The molecule has 0 atom stereocenters. The molecule has 0 aliphatic carbocycles. The second-order valence-corrected chi connectivity index (χ2v) is 4.31. The maximum absolute atomic E-state index is 4.16. The Labute approximate surface area is 101 Å². The monoisotopic (exact) mass is 219 g/mol. The smallest absolute Gasteiger partial charge is 0.0346 e. The minimum Gasteiger partial charge on any atom is -0.264 e. The Morgan fingerprint density at radius 2 is 1.65 bits per heavy atom. The molecule has 0 unspecified atom stereocenters. The Balaban J connectivity index is 2.17. The molecule has 0 amide bonds. The summed E-state index contributed by atoms with van der Waals surface area (Å²) in [5, 5.41) is 2.56. The van der Waals surface area contributed by atoms with Crippen LogP contribution in [0, 0.1) is 6.92 Å². The van der Waals surface area contributed by atoms with Gasteiger partial charge in [-0.05, 0) is 35.4 Å². The summed E-state index contributed by atoms with van der Waals surface area (Å²) in [6, 6.07) is 17.1. The fourth-order valence-electron chi connectivity index (χ4n) is 2.08. The molecule has 1 nitrogen and oxygen atoms in total. The van der Waals surface area contributed by atoms with Crippen molar-refractivity contribution >= 4 is 10.8 Å². The molecule has 3 aromatic rings. The quantitative estimate of drug-likeness (QED) is 0.597. The maximum Gasteiger partial charge on any atom is 0.0346 e. The van der Waals surface area contributed by atoms with Crippen LogP contribution < -0.4 is 0 Å². The van der Waals surface area contributed by atoms with Crippen LogP contribution in [0.1, 0.15) is 5.56 Å². The molecule has 0 fully saturated rings. The highest BCUT2D eigenvalue weighted by molar-refractivity contribution is 5.87. The number of pyridine rings is 1. The molecule has 0 spiro atoms. The molecule has 17 heavy (non-hydrogen) atoms. The van der Waals surface area contributed by atoms with Gasteiger partial charge < -0.3 is 0 Å². The van der Waals surface area contributed by atoms with Crippen LogP contribution in [0.3, 0.4) is 0 Å². The molecule has 0 aliphatic heterocycles. The Morgan fingerprint density at radius 3 is 2.47 bits per heavy atom. The number of nitrogens with zero attached hydrogens (tertiary/aromatic N) is 1. The van der Waals surface area contributed by atoms with E-state index in [1.54, 1.807) is 6.20 Å². The summed E-state index contributed by atoms with van der Waals surface area (Å²) in [5.41, 5.74) is 3.68. The summed E-state index contributed by atoms with van der Waals surface area (Å²) >= 11 is 0. The third-order valence-corrected chi connectivity index (χ3v) is 2.99. The molecular formula is C16H13N. The lowest BCUT2D eigenvalue weighted by Gasteiger charge is -2.04. The third-order valence-electron chi connectivity index (χ3n) is 2.99. The minimum atomic E-state index is 1.16. The first-order chi connectivity index (χ1) is 8.33. The van der Waals surface area contributed by atoms with Crippen molar-refractivity contribution in [1.29, 1.82) is 0 Å². The summed E-state index contributed by atoms with van der Waals surface area (Å²) in [5.74, 6) is 0. The van der Waals surface area contributed by atoms with E-state index in [-0.39, 0.29) is 0 Å². The first kappa shape index (κ1) is 10.0. The fraction of sp³-hybridized carbons (Fsp3) is 0.0625. The summed E-state index contributed by atoms with van der Waals surface area (Å²) in [6.07, 6.45) is 3.70. The number of aryl methyl sites for hydroxylation is 1. The topological polar surface area (TPSA) is 12.9 Å². The summed E-state index contributed by atoms with van der Waals surface area (Å²) in [4.78, 5) is 4.16. The van der Waals surface area contributed by atoms with Crippen LogP contribution >= 0.6 is 0 Å². The highest BCUT2D eigenvalue weighted by Gasteiger charge is 1.99. The molecule has 1 heterocycles. The standard InChI is InChI=1S/C16H13N/c1-12-4-5-14-10-15(7-6-13(14)9-12)16-3-2-8-17-11-16/h2-11H,1H3. The molecular weight excluding hydrogens is 206 g/mol. The van der Waals surface area contributed by atoms with Crippen molar-refractivity contribution in [3.8, 4) is 11.1 Å². The van der Waals surface area contributed by atoms with Crippen LogP contribution in [0.15, 0.2) is 60.9 Å². The highest BCUT2D eigenvalue weighted by atomic mass is 14.6. The van der Waals surface area contributed by atoms with Crippen LogP contribution in [-0.4, -0.2) is 4.98 Å². The maximum atomic E-state index is 4.16. The second kappa shape index (κ2) is 4.02. The molecule has 0 N–H and O–H groups in total. The first-order valence-corrected chi connectivity index (χ1v) is 5.74. The van der Waals surface area contributed by atoms with E-state index in [9.17, 15) is 0 Å². The second-order valence-electron chi connectivity index (χ2n) is 4.31. The molecule has 0 aliphatic rings. The van der Waals surface area contributed by atoms with Gasteiger partial charge in [0.25, 0.3) is 0 Å². The van der Waals surface area contributed by atoms with E-state index >= 15 is 0 Å². The molecule has 0 saturated carbocycles. The van der Waals surface area contributed by atoms with E-state index in [1.807, 2.05) is 12.3 Å². The van der Waals surface area contributed by atoms with Crippen molar-refractivity contribution in [1.82, 2.24) is 4.98 Å². The molecule has 0 radical (unpaired) electrons. The van der Waals surface area contributed by atoms with Gasteiger partial charge in [0, 0.05) is 18.0 Å². The van der Waals surface area contributed by atoms with Gasteiger partial charge in [0.2, 0.25) is 0 Å². The third kappa shape index (κ3) is 1.92. The lowest BCUT2D eigenvalue weighted by Crippen LogP contribution is -1.81. The van der Waals surface area contributed by atoms with Gasteiger partial charge in [-0.2, -0.15) is 0 Å². The zero-order chi connectivity index (χ0) is 11.7. The van der Waals surface area contributed by atoms with Crippen molar-refractivity contribution in [2.24, 2.45) is 0 Å². The Morgan fingerprint density at radius 1 is 0.824 bits per heavy atom. The van der Waals surface area contributed by atoms with Gasteiger partial charge in [0.15, 0.2) is 0 Å². The lowest BCUT2D eigenvalue weighted by atomic mass is 10.0. The predicted molar refractivity (Wildman–Crippen MR) is 71.9 cm³/mol. The van der Waals surface area contributed by atoms with Crippen molar-refractivity contribution < 1.29 is 0 Å². The van der Waals surface area contributed by atoms with Gasteiger partial charge in [-0.3, -0.25) is 4.98 Å². The number of aromatic nitrogens is 1. The molecule has 3 rings (SSSR count). The highest BCUT2D eigenvalue weighted by Crippen LogP contribution is 2.24. The Kier molecular flexibility index (Phi) is 2.37. The Bertz CT molecular complexity index is 657. The largest absolute Gasteiger partial charge is 0.264 e. The van der Waals surface area contributed by atoms with Gasteiger partial charge in [0.1, 0.15) is 0 Å². The fourth-order valence-corrected chi connectivity index (χ4v) is 2.08. The Hall–Kier alpha value is -2.15. The van der Waals surface area contributed by atoms with Crippen molar-refractivity contribution in [3.63, 3.8) is 0 Å². The average Bonchev–Trinajstić information content (AvgIpc) is 2.39. The molecule has 1 aromatic heterocycles. The van der Waals surface area contributed by atoms with Crippen LogP contribution in [0.25, 0.3) is 21.9 Å². The van der Waals surface area contributed by atoms with Crippen molar-refractivity contribution in [3.05, 3.63) is 66.5 Å². The van der Waals surface area contributed by atoms with Crippen molar-refractivity contribution in [2.75, 3.05) is 0 Å². The van der Waals surface area contributed by atoms with E-state index in [1.165, 1.54) is 21.9 Å². The van der Waals surface area contributed by atoms with Crippen LogP contribution in [-0.2, 0) is 0 Å². The molecule has 1 heteroatoms. The van der Waals surface area contributed by atoms with Gasteiger partial charge >= 0.3 is 0 Å². The molecule has 0 saturated heterocycles. The number of benzene rings is 2. The molecule has 0 bridgehead atoms. The molecule has 82 valence electrons. The van der Waals surface area contributed by atoms with Gasteiger partial charge in [-0.25, -0.2) is 0 Å². The van der Waals surface area contributed by atoms with Crippen LogP contribution in [0.2, 0.25) is 0 Å². The summed E-state index contributed by atoms with van der Waals surface area (Å²) < 4.78 is 0. The lowest BCUT2D eigenvalue weighted by molar-refractivity contribution is 1.33. The first-order valence-electron chi connectivity index (χ1n) is 5.74. The van der Waals surface area contributed by atoms with E-state index in [2.05, 4.69) is 54.4 Å². The van der Waals surface area contributed by atoms with Gasteiger partial charge in [-0.1, -0.05) is 42.0 Å². The SMILES string of the molecule is Cc1ccc2cc(-c3cccnc3)ccc2c1. The number of hydrogen-bond acceptors (Lipinski definition) is 1. The zero-order valence-electron chi connectivity index (χ0n) is 9.72. The van der Waals surface area contributed by atoms with E-state index < -0.39 is 0 Å². The zero-order valence-corrected chi connectivity index (χ0v) is 9.72. The summed E-state index contributed by atoms with van der Waals surface area (Å²) in [7, 11) is 0.